The van der Waals surface area contributed by atoms with Gasteiger partial charge in [0, 0.05) is 41.9 Å². The zero-order chi connectivity index (χ0) is 14.7. The van der Waals surface area contributed by atoms with E-state index in [1.54, 1.807) is 11.3 Å². The van der Waals surface area contributed by atoms with Crippen molar-refractivity contribution in [3.05, 3.63) is 50.0 Å². The number of thiazole rings is 1. The SMILES string of the molecule is Cc1ncc(CN(C)Cc2cc([N+](=O)[O-])ccc2O)s1. The number of nitro benzene ring substituents is 1. The molecule has 6 nitrogen and oxygen atoms in total. The lowest BCUT2D eigenvalue weighted by atomic mass is 10.1. The maximum Gasteiger partial charge on any atom is 0.270 e. The topological polar surface area (TPSA) is 79.5 Å². The van der Waals surface area contributed by atoms with Crippen molar-refractivity contribution in [1.82, 2.24) is 9.88 Å². The average molecular weight is 293 g/mol. The van der Waals surface area contributed by atoms with E-state index in [2.05, 4.69) is 4.98 Å². The van der Waals surface area contributed by atoms with Gasteiger partial charge in [0.25, 0.3) is 5.69 Å². The summed E-state index contributed by atoms with van der Waals surface area (Å²) in [7, 11) is 1.90. The lowest BCUT2D eigenvalue weighted by molar-refractivity contribution is -0.385. The molecule has 0 fully saturated rings. The van der Waals surface area contributed by atoms with Gasteiger partial charge in [0.2, 0.25) is 0 Å². The number of phenolic OH excluding ortho intramolecular Hbond substituents is 1. The summed E-state index contributed by atoms with van der Waals surface area (Å²) < 4.78 is 0. The first kappa shape index (κ1) is 14.4. The van der Waals surface area contributed by atoms with Gasteiger partial charge in [0.05, 0.1) is 9.93 Å². The summed E-state index contributed by atoms with van der Waals surface area (Å²) in [5.74, 6) is 0.0722. The van der Waals surface area contributed by atoms with E-state index < -0.39 is 4.92 Å². The molecule has 0 unspecified atom stereocenters. The largest absolute Gasteiger partial charge is 0.508 e. The molecule has 0 atom stereocenters. The second-order valence-electron chi connectivity index (χ2n) is 4.59. The molecule has 0 aliphatic heterocycles. The van der Waals surface area contributed by atoms with E-state index in [1.165, 1.54) is 18.2 Å². The van der Waals surface area contributed by atoms with Crippen LogP contribution in [-0.2, 0) is 13.1 Å². The molecule has 0 aliphatic rings. The number of rotatable bonds is 5. The molecule has 0 aliphatic carbocycles. The highest BCUT2D eigenvalue weighted by molar-refractivity contribution is 7.11. The van der Waals surface area contributed by atoms with E-state index in [-0.39, 0.29) is 11.4 Å². The summed E-state index contributed by atoms with van der Waals surface area (Å²) in [6.45, 7) is 3.07. The van der Waals surface area contributed by atoms with Crippen molar-refractivity contribution >= 4 is 17.0 Å². The van der Waals surface area contributed by atoms with Crippen LogP contribution in [0.5, 0.6) is 5.75 Å². The van der Waals surface area contributed by atoms with Crippen LogP contribution < -0.4 is 0 Å². The number of non-ortho nitro benzene ring substituents is 1. The molecule has 0 amide bonds. The summed E-state index contributed by atoms with van der Waals surface area (Å²) in [5, 5.41) is 21.5. The Labute approximate surface area is 120 Å². The molecular formula is C13H15N3O3S. The average Bonchev–Trinajstić information content (AvgIpc) is 2.77. The monoisotopic (exact) mass is 293 g/mol. The second kappa shape index (κ2) is 5.98. The summed E-state index contributed by atoms with van der Waals surface area (Å²) >= 11 is 1.62. The van der Waals surface area contributed by atoms with E-state index in [0.29, 0.717) is 18.7 Å². The van der Waals surface area contributed by atoms with Gasteiger partial charge >= 0.3 is 0 Å². The van der Waals surface area contributed by atoms with E-state index in [9.17, 15) is 15.2 Å². The van der Waals surface area contributed by atoms with Gasteiger partial charge in [-0.2, -0.15) is 0 Å². The molecule has 1 heterocycles. The van der Waals surface area contributed by atoms with Crippen LogP contribution in [0.25, 0.3) is 0 Å². The molecule has 1 aromatic heterocycles. The predicted molar refractivity (Wildman–Crippen MR) is 76.8 cm³/mol. The van der Waals surface area contributed by atoms with Crippen LogP contribution in [0.15, 0.2) is 24.4 Å². The summed E-state index contributed by atoms with van der Waals surface area (Å²) in [5.41, 5.74) is 0.530. The molecular weight excluding hydrogens is 278 g/mol. The van der Waals surface area contributed by atoms with Crippen LogP contribution in [0.4, 0.5) is 5.69 Å². The molecule has 106 valence electrons. The molecule has 0 radical (unpaired) electrons. The first-order chi connectivity index (χ1) is 9.45. The van der Waals surface area contributed by atoms with Crippen molar-refractivity contribution in [3.8, 4) is 5.75 Å². The maximum absolute atomic E-state index is 10.7. The number of hydrogen-bond donors (Lipinski definition) is 1. The lowest BCUT2D eigenvalue weighted by Gasteiger charge is -2.16. The molecule has 0 spiro atoms. The highest BCUT2D eigenvalue weighted by Crippen LogP contribution is 2.24. The zero-order valence-electron chi connectivity index (χ0n) is 11.2. The van der Waals surface area contributed by atoms with Crippen LogP contribution >= 0.6 is 11.3 Å². The fourth-order valence-electron chi connectivity index (χ4n) is 1.90. The fourth-order valence-corrected chi connectivity index (χ4v) is 2.78. The van der Waals surface area contributed by atoms with E-state index in [0.717, 1.165) is 9.88 Å². The molecule has 2 rings (SSSR count). The fraction of sp³-hybridized carbons (Fsp3) is 0.308. The molecule has 20 heavy (non-hydrogen) atoms. The number of benzene rings is 1. The Kier molecular flexibility index (Phi) is 4.31. The Hall–Kier alpha value is -1.99. The molecule has 0 saturated heterocycles. The van der Waals surface area contributed by atoms with Gasteiger partial charge in [0.15, 0.2) is 0 Å². The number of hydrogen-bond acceptors (Lipinski definition) is 6. The number of aromatic hydroxyl groups is 1. The molecule has 2 aromatic rings. The van der Waals surface area contributed by atoms with Crippen molar-refractivity contribution in [3.63, 3.8) is 0 Å². The molecule has 1 aromatic carbocycles. The van der Waals surface area contributed by atoms with Gasteiger partial charge < -0.3 is 5.11 Å². The van der Waals surface area contributed by atoms with Gasteiger partial charge in [-0.25, -0.2) is 4.98 Å². The number of aromatic nitrogens is 1. The van der Waals surface area contributed by atoms with Crippen LogP contribution in [0.3, 0.4) is 0 Å². The van der Waals surface area contributed by atoms with Crippen LogP contribution in [0, 0.1) is 17.0 Å². The van der Waals surface area contributed by atoms with Gasteiger partial charge in [0.1, 0.15) is 5.75 Å². The third-order valence-electron chi connectivity index (χ3n) is 2.81. The normalized spacial score (nSPS) is 10.9. The number of nitrogens with zero attached hydrogens (tertiary/aromatic N) is 3. The van der Waals surface area contributed by atoms with Crippen molar-refractivity contribution in [2.45, 2.75) is 20.0 Å². The quantitative estimate of drug-likeness (QED) is 0.677. The minimum atomic E-state index is -0.463. The van der Waals surface area contributed by atoms with Gasteiger partial charge in [-0.05, 0) is 20.0 Å². The van der Waals surface area contributed by atoms with E-state index in [1.807, 2.05) is 25.1 Å². The Bertz CT molecular complexity index is 627. The van der Waals surface area contributed by atoms with Crippen LogP contribution in [0.2, 0.25) is 0 Å². The smallest absolute Gasteiger partial charge is 0.270 e. The summed E-state index contributed by atoms with van der Waals surface area (Å²) in [6.07, 6.45) is 1.82. The zero-order valence-corrected chi connectivity index (χ0v) is 12.1. The summed E-state index contributed by atoms with van der Waals surface area (Å²) in [4.78, 5) is 17.6. The number of phenols is 1. The molecule has 7 heteroatoms. The molecule has 1 N–H and O–H groups in total. The second-order valence-corrected chi connectivity index (χ2v) is 5.91. The predicted octanol–water partition coefficient (Wildman–Crippen LogP) is 2.70. The standard InChI is InChI=1S/C13H15N3O3S/c1-9-14-6-12(20-9)8-15(2)7-10-5-11(16(18)19)3-4-13(10)17/h3-6,17H,7-8H2,1-2H3. The minimum absolute atomic E-state index is 0.0140. The van der Waals surface area contributed by atoms with Crippen LogP contribution in [0.1, 0.15) is 15.4 Å². The summed E-state index contributed by atoms with van der Waals surface area (Å²) in [6, 6.07) is 4.06. The van der Waals surface area contributed by atoms with Gasteiger partial charge in [-0.15, -0.1) is 11.3 Å². The Morgan fingerprint density at radius 2 is 2.20 bits per heavy atom. The first-order valence-corrected chi connectivity index (χ1v) is 6.83. The first-order valence-electron chi connectivity index (χ1n) is 6.02. The Morgan fingerprint density at radius 3 is 2.80 bits per heavy atom. The molecule has 0 saturated carbocycles. The highest BCUT2D eigenvalue weighted by atomic mass is 32.1. The van der Waals surface area contributed by atoms with Crippen molar-refractivity contribution in [2.75, 3.05) is 7.05 Å². The van der Waals surface area contributed by atoms with E-state index in [4.69, 9.17) is 0 Å². The van der Waals surface area contributed by atoms with Crippen molar-refractivity contribution in [2.24, 2.45) is 0 Å². The van der Waals surface area contributed by atoms with Gasteiger partial charge in [-0.3, -0.25) is 15.0 Å². The number of nitro groups is 1. The van der Waals surface area contributed by atoms with Crippen LogP contribution in [-0.4, -0.2) is 27.0 Å². The highest BCUT2D eigenvalue weighted by Gasteiger charge is 2.12. The van der Waals surface area contributed by atoms with E-state index >= 15 is 0 Å². The third-order valence-corrected chi connectivity index (χ3v) is 3.71. The van der Waals surface area contributed by atoms with Crippen molar-refractivity contribution < 1.29 is 10.0 Å². The van der Waals surface area contributed by atoms with Gasteiger partial charge in [-0.1, -0.05) is 0 Å². The van der Waals surface area contributed by atoms with Crippen molar-refractivity contribution in [1.29, 1.82) is 0 Å². The Balaban J connectivity index is 2.08. The molecule has 0 bridgehead atoms. The number of aryl methyl sites for hydroxylation is 1. The third kappa shape index (κ3) is 3.52. The lowest BCUT2D eigenvalue weighted by Crippen LogP contribution is -2.16. The minimum Gasteiger partial charge on any atom is -0.508 e. The Morgan fingerprint density at radius 1 is 1.45 bits per heavy atom. The maximum atomic E-state index is 10.7.